The fraction of sp³-hybridized carbons (Fsp3) is 0.462. The molecule has 2 heteroatoms. The van der Waals surface area contributed by atoms with Crippen molar-refractivity contribution >= 4 is 5.78 Å². The number of carbonyl (C=O) groups is 1. The zero-order valence-electron chi connectivity index (χ0n) is 9.34. The van der Waals surface area contributed by atoms with Gasteiger partial charge in [0, 0.05) is 17.5 Å². The number of aryl methyl sites for hydroxylation is 1. The van der Waals surface area contributed by atoms with Crippen LogP contribution in [0.25, 0.3) is 0 Å². The molecule has 1 fully saturated rings. The van der Waals surface area contributed by atoms with Gasteiger partial charge in [-0.25, -0.2) is 0 Å². The summed E-state index contributed by atoms with van der Waals surface area (Å²) in [4.78, 5) is 12.2. The zero-order chi connectivity index (χ0) is 10.9. The Morgan fingerprint density at radius 2 is 2.00 bits per heavy atom. The van der Waals surface area contributed by atoms with Gasteiger partial charge in [-0.2, -0.15) is 0 Å². The van der Waals surface area contributed by atoms with Crippen LogP contribution in [0.1, 0.15) is 29.3 Å². The molecule has 1 aromatic rings. The maximum Gasteiger partial charge on any atom is 0.170 e. The van der Waals surface area contributed by atoms with Crippen LogP contribution in [-0.2, 0) is 0 Å². The van der Waals surface area contributed by atoms with Gasteiger partial charge in [-0.05, 0) is 19.9 Å². The van der Waals surface area contributed by atoms with E-state index in [1.165, 1.54) is 5.56 Å². The summed E-state index contributed by atoms with van der Waals surface area (Å²) in [5, 5.41) is 3.25. The standard InChI is InChI=1S/C13H17NO/c1-10-3-5-11(6-4-10)12(15)13(2)7-8-14-9-13/h3-6,14H,7-9H2,1-2H3. The van der Waals surface area contributed by atoms with Crippen LogP contribution >= 0.6 is 0 Å². The van der Waals surface area contributed by atoms with Crippen LogP contribution in [0.2, 0.25) is 0 Å². The predicted molar refractivity (Wildman–Crippen MR) is 61.1 cm³/mol. The molecule has 0 bridgehead atoms. The highest BCUT2D eigenvalue weighted by atomic mass is 16.1. The number of nitrogens with one attached hydrogen (secondary N) is 1. The largest absolute Gasteiger partial charge is 0.316 e. The number of carbonyl (C=O) groups excluding carboxylic acids is 1. The van der Waals surface area contributed by atoms with Crippen molar-refractivity contribution in [3.63, 3.8) is 0 Å². The van der Waals surface area contributed by atoms with E-state index in [-0.39, 0.29) is 11.2 Å². The van der Waals surface area contributed by atoms with E-state index >= 15 is 0 Å². The van der Waals surface area contributed by atoms with Crippen molar-refractivity contribution in [1.82, 2.24) is 5.32 Å². The molecule has 1 heterocycles. The zero-order valence-corrected chi connectivity index (χ0v) is 9.34. The highest BCUT2D eigenvalue weighted by molar-refractivity contribution is 6.00. The molecule has 1 saturated heterocycles. The molecular formula is C13H17NO. The van der Waals surface area contributed by atoms with Gasteiger partial charge in [0.1, 0.15) is 0 Å². The van der Waals surface area contributed by atoms with E-state index in [1.54, 1.807) is 0 Å². The fourth-order valence-electron chi connectivity index (χ4n) is 2.06. The van der Waals surface area contributed by atoms with E-state index in [0.29, 0.717) is 0 Å². The molecule has 0 aromatic heterocycles. The molecule has 1 aliphatic rings. The molecular weight excluding hydrogens is 186 g/mol. The van der Waals surface area contributed by atoms with Crippen molar-refractivity contribution < 1.29 is 4.79 Å². The molecule has 2 nitrogen and oxygen atoms in total. The summed E-state index contributed by atoms with van der Waals surface area (Å²) in [5.41, 5.74) is 1.84. The van der Waals surface area contributed by atoms with Gasteiger partial charge in [-0.1, -0.05) is 36.8 Å². The van der Waals surface area contributed by atoms with Gasteiger partial charge >= 0.3 is 0 Å². The normalized spacial score (nSPS) is 25.5. The molecule has 1 aromatic carbocycles. The smallest absolute Gasteiger partial charge is 0.170 e. The Bertz CT molecular complexity index is 361. The summed E-state index contributed by atoms with van der Waals surface area (Å²) in [6.07, 6.45) is 0.944. The van der Waals surface area contributed by atoms with Gasteiger partial charge in [0.25, 0.3) is 0 Å². The van der Waals surface area contributed by atoms with E-state index in [2.05, 4.69) is 12.2 Å². The summed E-state index contributed by atoms with van der Waals surface area (Å²) in [7, 11) is 0. The van der Waals surface area contributed by atoms with Crippen molar-refractivity contribution in [2.24, 2.45) is 5.41 Å². The molecule has 0 amide bonds. The highest BCUT2D eigenvalue weighted by Crippen LogP contribution is 2.29. The lowest BCUT2D eigenvalue weighted by Crippen LogP contribution is -2.30. The van der Waals surface area contributed by atoms with Gasteiger partial charge in [-0.15, -0.1) is 0 Å². The summed E-state index contributed by atoms with van der Waals surface area (Å²) in [6, 6.07) is 7.86. The number of Topliss-reactive ketones (excluding diaryl/α,β-unsaturated/α-hetero) is 1. The van der Waals surface area contributed by atoms with E-state index in [0.717, 1.165) is 25.1 Å². The number of benzene rings is 1. The average molecular weight is 203 g/mol. The first-order chi connectivity index (χ1) is 7.12. The van der Waals surface area contributed by atoms with Crippen LogP contribution in [0.4, 0.5) is 0 Å². The fourth-order valence-corrected chi connectivity index (χ4v) is 2.06. The van der Waals surface area contributed by atoms with Crippen LogP contribution in [0.15, 0.2) is 24.3 Å². The Hall–Kier alpha value is -1.15. The second-order valence-electron chi connectivity index (χ2n) is 4.68. The minimum absolute atomic E-state index is 0.199. The van der Waals surface area contributed by atoms with Crippen molar-refractivity contribution in [1.29, 1.82) is 0 Å². The molecule has 1 aliphatic heterocycles. The Labute approximate surface area is 90.7 Å². The van der Waals surface area contributed by atoms with Crippen molar-refractivity contribution in [2.75, 3.05) is 13.1 Å². The van der Waals surface area contributed by atoms with E-state index in [4.69, 9.17) is 0 Å². The lowest BCUT2D eigenvalue weighted by Gasteiger charge is -2.20. The summed E-state index contributed by atoms with van der Waals surface area (Å²) >= 11 is 0. The molecule has 0 saturated carbocycles. The first kappa shape index (κ1) is 10.4. The number of hydrogen-bond donors (Lipinski definition) is 1. The van der Waals surface area contributed by atoms with Crippen LogP contribution in [0, 0.1) is 12.3 Å². The Kier molecular flexibility index (Phi) is 2.61. The van der Waals surface area contributed by atoms with E-state index < -0.39 is 0 Å². The summed E-state index contributed by atoms with van der Waals surface area (Å²) in [6.45, 7) is 5.84. The lowest BCUT2D eigenvalue weighted by atomic mass is 9.81. The monoisotopic (exact) mass is 203 g/mol. The summed E-state index contributed by atoms with van der Waals surface area (Å²) in [5.74, 6) is 0.271. The Balaban J connectivity index is 2.24. The molecule has 0 aliphatic carbocycles. The molecule has 15 heavy (non-hydrogen) atoms. The lowest BCUT2D eigenvalue weighted by molar-refractivity contribution is 0.0839. The Morgan fingerprint density at radius 3 is 2.53 bits per heavy atom. The van der Waals surface area contributed by atoms with Crippen molar-refractivity contribution in [3.05, 3.63) is 35.4 Å². The first-order valence-corrected chi connectivity index (χ1v) is 5.44. The van der Waals surface area contributed by atoms with Crippen LogP contribution < -0.4 is 5.32 Å². The SMILES string of the molecule is Cc1ccc(C(=O)C2(C)CCNC2)cc1. The molecule has 0 spiro atoms. The third-order valence-electron chi connectivity index (χ3n) is 3.23. The molecule has 1 N–H and O–H groups in total. The van der Waals surface area contributed by atoms with Gasteiger partial charge in [-0.3, -0.25) is 4.79 Å². The Morgan fingerprint density at radius 1 is 1.33 bits per heavy atom. The van der Waals surface area contributed by atoms with Crippen molar-refractivity contribution in [3.8, 4) is 0 Å². The van der Waals surface area contributed by atoms with Gasteiger partial charge in [0.2, 0.25) is 0 Å². The van der Waals surface area contributed by atoms with Crippen molar-refractivity contribution in [2.45, 2.75) is 20.3 Å². The van der Waals surface area contributed by atoms with E-state index in [1.807, 2.05) is 31.2 Å². The summed E-state index contributed by atoms with van der Waals surface area (Å²) < 4.78 is 0. The number of hydrogen-bond acceptors (Lipinski definition) is 2. The van der Waals surface area contributed by atoms with Crippen LogP contribution in [0.5, 0.6) is 0 Å². The minimum atomic E-state index is -0.199. The molecule has 1 atom stereocenters. The predicted octanol–water partition coefficient (Wildman–Crippen LogP) is 2.18. The maximum absolute atomic E-state index is 12.2. The second-order valence-corrected chi connectivity index (χ2v) is 4.68. The third kappa shape index (κ3) is 1.95. The molecule has 1 unspecified atom stereocenters. The topological polar surface area (TPSA) is 29.1 Å². The van der Waals surface area contributed by atoms with E-state index in [9.17, 15) is 4.79 Å². The first-order valence-electron chi connectivity index (χ1n) is 5.44. The minimum Gasteiger partial charge on any atom is -0.316 e. The number of ketones is 1. The quantitative estimate of drug-likeness (QED) is 0.746. The van der Waals surface area contributed by atoms with Gasteiger partial charge in [0.05, 0.1) is 0 Å². The highest BCUT2D eigenvalue weighted by Gasteiger charge is 2.36. The van der Waals surface area contributed by atoms with Crippen LogP contribution in [-0.4, -0.2) is 18.9 Å². The molecule has 80 valence electrons. The molecule has 2 rings (SSSR count). The molecule has 0 radical (unpaired) electrons. The second kappa shape index (κ2) is 3.78. The van der Waals surface area contributed by atoms with Gasteiger partial charge < -0.3 is 5.32 Å². The van der Waals surface area contributed by atoms with Gasteiger partial charge in [0.15, 0.2) is 5.78 Å². The van der Waals surface area contributed by atoms with Crippen LogP contribution in [0.3, 0.4) is 0 Å². The third-order valence-corrected chi connectivity index (χ3v) is 3.23. The average Bonchev–Trinajstić information content (AvgIpc) is 2.67. The maximum atomic E-state index is 12.2. The number of rotatable bonds is 2.